The maximum absolute atomic E-state index is 4.05. The maximum atomic E-state index is 4.05. The van der Waals surface area contributed by atoms with Gasteiger partial charge in [-0.1, -0.05) is 20.4 Å². The van der Waals surface area contributed by atoms with Crippen molar-refractivity contribution in [3.05, 3.63) is 12.3 Å². The van der Waals surface area contributed by atoms with E-state index in [2.05, 4.69) is 53.1 Å². The van der Waals surface area contributed by atoms with Crippen molar-refractivity contribution in [2.45, 2.75) is 40.2 Å². The van der Waals surface area contributed by atoms with Crippen LogP contribution in [-0.4, -0.2) is 17.5 Å². The molecule has 11 heavy (non-hydrogen) atoms. The second-order valence-corrected chi connectivity index (χ2v) is 4.38. The molecule has 0 amide bonds. The van der Waals surface area contributed by atoms with Gasteiger partial charge in [0.25, 0.3) is 0 Å². The fourth-order valence-corrected chi connectivity index (χ4v) is 0.818. The number of hydrogen-bond acceptors (Lipinski definition) is 1. The van der Waals surface area contributed by atoms with E-state index in [4.69, 9.17) is 0 Å². The lowest BCUT2D eigenvalue weighted by Crippen LogP contribution is -2.38. The zero-order chi connectivity index (χ0) is 9.23. The summed E-state index contributed by atoms with van der Waals surface area (Å²) < 4.78 is 0. The Morgan fingerprint density at radius 2 is 1.64 bits per heavy atom. The monoisotopic (exact) mass is 155 g/mol. The standard InChI is InChI=1S/C10H21N/c1-8(2)9(3)11(7)10(4,5)6/h8H,3H2,1-2,4-7H3. The molecular formula is C10H21N. The Balaban J connectivity index is 4.26. The molecule has 1 nitrogen and oxygen atoms in total. The van der Waals surface area contributed by atoms with Crippen LogP contribution < -0.4 is 0 Å². The predicted molar refractivity (Wildman–Crippen MR) is 51.5 cm³/mol. The van der Waals surface area contributed by atoms with Crippen LogP contribution >= 0.6 is 0 Å². The van der Waals surface area contributed by atoms with Gasteiger partial charge in [-0.25, -0.2) is 0 Å². The third kappa shape index (κ3) is 2.96. The molecule has 0 aliphatic carbocycles. The van der Waals surface area contributed by atoms with E-state index in [9.17, 15) is 0 Å². The van der Waals surface area contributed by atoms with Crippen molar-refractivity contribution in [1.29, 1.82) is 0 Å². The summed E-state index contributed by atoms with van der Waals surface area (Å²) in [6.07, 6.45) is 0. The smallest absolute Gasteiger partial charge is 0.0311 e. The molecule has 0 saturated carbocycles. The van der Waals surface area contributed by atoms with Crippen LogP contribution in [0.15, 0.2) is 12.3 Å². The molecule has 0 fully saturated rings. The second-order valence-electron chi connectivity index (χ2n) is 4.38. The van der Waals surface area contributed by atoms with Crippen LogP contribution in [0.4, 0.5) is 0 Å². The van der Waals surface area contributed by atoms with Gasteiger partial charge < -0.3 is 4.90 Å². The topological polar surface area (TPSA) is 3.24 Å². The van der Waals surface area contributed by atoms with Gasteiger partial charge in [0.05, 0.1) is 0 Å². The summed E-state index contributed by atoms with van der Waals surface area (Å²) in [5, 5.41) is 0. The van der Waals surface area contributed by atoms with Gasteiger partial charge >= 0.3 is 0 Å². The molecule has 0 heterocycles. The average molecular weight is 155 g/mol. The van der Waals surface area contributed by atoms with E-state index in [-0.39, 0.29) is 5.54 Å². The Labute approximate surface area is 71.1 Å². The first-order valence-electron chi connectivity index (χ1n) is 4.19. The van der Waals surface area contributed by atoms with Gasteiger partial charge in [0.1, 0.15) is 0 Å². The first kappa shape index (κ1) is 10.5. The highest BCUT2D eigenvalue weighted by Gasteiger charge is 2.19. The summed E-state index contributed by atoms with van der Waals surface area (Å²) in [5.41, 5.74) is 1.40. The van der Waals surface area contributed by atoms with E-state index in [0.29, 0.717) is 5.92 Å². The molecule has 1 heteroatoms. The first-order valence-corrected chi connectivity index (χ1v) is 4.19. The highest BCUT2D eigenvalue weighted by molar-refractivity contribution is 5.00. The summed E-state index contributed by atoms with van der Waals surface area (Å²) in [4.78, 5) is 2.23. The fraction of sp³-hybridized carbons (Fsp3) is 0.800. The van der Waals surface area contributed by atoms with Crippen LogP contribution in [-0.2, 0) is 0 Å². The third-order valence-corrected chi connectivity index (χ3v) is 2.10. The maximum Gasteiger partial charge on any atom is 0.0311 e. The van der Waals surface area contributed by atoms with Crippen molar-refractivity contribution in [3.63, 3.8) is 0 Å². The zero-order valence-electron chi connectivity index (χ0n) is 8.73. The van der Waals surface area contributed by atoms with Gasteiger partial charge in [0.2, 0.25) is 0 Å². The Kier molecular flexibility index (Phi) is 3.15. The Hall–Kier alpha value is -0.460. The number of hydrogen-bond donors (Lipinski definition) is 0. The Morgan fingerprint density at radius 3 is 1.73 bits per heavy atom. The summed E-state index contributed by atoms with van der Waals surface area (Å²) in [6.45, 7) is 15.0. The molecule has 0 spiro atoms. The molecule has 0 aromatic heterocycles. The molecule has 0 N–H and O–H groups in total. The molecule has 0 unspecified atom stereocenters. The van der Waals surface area contributed by atoms with E-state index in [0.717, 1.165) is 0 Å². The number of rotatable bonds is 2. The third-order valence-electron chi connectivity index (χ3n) is 2.10. The second kappa shape index (κ2) is 3.29. The van der Waals surface area contributed by atoms with Crippen molar-refractivity contribution in [1.82, 2.24) is 4.90 Å². The highest BCUT2D eigenvalue weighted by atomic mass is 15.2. The summed E-state index contributed by atoms with van der Waals surface area (Å²) in [6, 6.07) is 0. The molecule has 0 bridgehead atoms. The molecule has 0 radical (unpaired) electrons. The van der Waals surface area contributed by atoms with E-state index >= 15 is 0 Å². The van der Waals surface area contributed by atoms with Crippen molar-refractivity contribution < 1.29 is 0 Å². The van der Waals surface area contributed by atoms with E-state index in [1.807, 2.05) is 0 Å². The molecule has 0 aromatic rings. The van der Waals surface area contributed by atoms with Crippen LogP contribution in [0.1, 0.15) is 34.6 Å². The van der Waals surface area contributed by atoms with Gasteiger partial charge in [-0.05, 0) is 26.7 Å². The Bertz CT molecular complexity index is 139. The lowest BCUT2D eigenvalue weighted by atomic mass is 10.0. The molecule has 0 aromatic carbocycles. The normalized spacial score (nSPS) is 11.9. The van der Waals surface area contributed by atoms with Crippen molar-refractivity contribution in [2.75, 3.05) is 7.05 Å². The predicted octanol–water partition coefficient (Wildman–Crippen LogP) is 2.89. The minimum Gasteiger partial charge on any atom is -0.373 e. The largest absolute Gasteiger partial charge is 0.373 e. The van der Waals surface area contributed by atoms with Gasteiger partial charge in [0, 0.05) is 18.3 Å². The number of allylic oxidation sites excluding steroid dienone is 1. The summed E-state index contributed by atoms with van der Waals surface area (Å²) in [5.74, 6) is 0.541. The highest BCUT2D eigenvalue weighted by Crippen LogP contribution is 2.20. The van der Waals surface area contributed by atoms with E-state index < -0.39 is 0 Å². The molecule has 0 atom stereocenters. The summed E-state index contributed by atoms with van der Waals surface area (Å²) >= 11 is 0. The van der Waals surface area contributed by atoms with Crippen molar-refractivity contribution >= 4 is 0 Å². The SMILES string of the molecule is C=C(C(C)C)N(C)C(C)(C)C. The van der Waals surface area contributed by atoms with Crippen LogP contribution in [0.3, 0.4) is 0 Å². The lowest BCUT2D eigenvalue weighted by Gasteiger charge is -2.37. The zero-order valence-corrected chi connectivity index (χ0v) is 8.73. The molecule has 0 aliphatic rings. The quantitative estimate of drug-likeness (QED) is 0.592. The average Bonchev–Trinajstić information content (AvgIpc) is 1.82. The minimum atomic E-state index is 0.196. The van der Waals surface area contributed by atoms with Crippen molar-refractivity contribution in [2.24, 2.45) is 5.92 Å². The van der Waals surface area contributed by atoms with Gasteiger partial charge in [-0.15, -0.1) is 0 Å². The molecule has 66 valence electrons. The van der Waals surface area contributed by atoms with Gasteiger partial charge in [0.15, 0.2) is 0 Å². The van der Waals surface area contributed by atoms with Crippen LogP contribution in [0, 0.1) is 5.92 Å². The van der Waals surface area contributed by atoms with Gasteiger partial charge in [-0.2, -0.15) is 0 Å². The Morgan fingerprint density at radius 1 is 1.27 bits per heavy atom. The van der Waals surface area contributed by atoms with Crippen LogP contribution in [0.2, 0.25) is 0 Å². The minimum absolute atomic E-state index is 0.196. The van der Waals surface area contributed by atoms with E-state index in [1.54, 1.807) is 0 Å². The fourth-order valence-electron chi connectivity index (χ4n) is 0.818. The van der Waals surface area contributed by atoms with E-state index in [1.165, 1.54) is 5.70 Å². The lowest BCUT2D eigenvalue weighted by molar-refractivity contribution is 0.210. The molecular weight excluding hydrogens is 134 g/mol. The van der Waals surface area contributed by atoms with Crippen LogP contribution in [0.25, 0.3) is 0 Å². The van der Waals surface area contributed by atoms with Gasteiger partial charge in [-0.3, -0.25) is 0 Å². The van der Waals surface area contributed by atoms with Crippen molar-refractivity contribution in [3.8, 4) is 0 Å². The molecule has 0 rings (SSSR count). The van der Waals surface area contributed by atoms with Crippen LogP contribution in [0.5, 0.6) is 0 Å². The summed E-state index contributed by atoms with van der Waals surface area (Å²) in [7, 11) is 2.10. The number of nitrogens with zero attached hydrogens (tertiary/aromatic N) is 1. The molecule has 0 aliphatic heterocycles. The molecule has 0 saturated heterocycles. The first-order chi connectivity index (χ1) is 4.76.